The lowest BCUT2D eigenvalue weighted by Crippen LogP contribution is -2.46. The van der Waals surface area contributed by atoms with Crippen LogP contribution >= 0.6 is 11.6 Å². The van der Waals surface area contributed by atoms with Crippen molar-refractivity contribution in [3.8, 4) is 0 Å². The second-order valence-electron chi connectivity index (χ2n) is 7.43. The van der Waals surface area contributed by atoms with Gasteiger partial charge in [0.1, 0.15) is 0 Å². The molecule has 0 N–H and O–H groups in total. The maximum Gasteiger partial charge on any atom is 0.205 e. The predicted molar refractivity (Wildman–Crippen MR) is 88.5 cm³/mol. The lowest BCUT2D eigenvalue weighted by molar-refractivity contribution is -0.273. The molecule has 0 unspecified atom stereocenters. The third-order valence-electron chi connectivity index (χ3n) is 4.62. The highest BCUT2D eigenvalue weighted by atomic mass is 35.5. The molecule has 0 amide bonds. The van der Waals surface area contributed by atoms with Gasteiger partial charge in [-0.15, -0.1) is 0 Å². The second-order valence-corrected chi connectivity index (χ2v) is 7.81. The SMILES string of the molecule is CCCCCCCCC1=C(Cl)C2(CC1)OCC(C)(C)CO2. The standard InChI is InChI=1S/C18H31ClO2/c1-4-5-6-7-8-9-10-15-11-12-18(16(15)19)20-13-17(2,3)14-21-18/h4-14H2,1-3H3. The van der Waals surface area contributed by atoms with Crippen LogP contribution in [-0.4, -0.2) is 19.0 Å². The molecule has 1 spiro atoms. The Morgan fingerprint density at radius 1 is 1.00 bits per heavy atom. The van der Waals surface area contributed by atoms with Crippen LogP contribution in [0.2, 0.25) is 0 Å². The van der Waals surface area contributed by atoms with Gasteiger partial charge in [0.15, 0.2) is 0 Å². The van der Waals surface area contributed by atoms with Crippen LogP contribution in [0.3, 0.4) is 0 Å². The first-order valence-electron chi connectivity index (χ1n) is 8.65. The molecule has 0 radical (unpaired) electrons. The molecule has 0 saturated carbocycles. The van der Waals surface area contributed by atoms with E-state index < -0.39 is 5.79 Å². The zero-order chi connectivity index (χ0) is 15.3. The lowest BCUT2D eigenvalue weighted by Gasteiger charge is -2.41. The average molecular weight is 315 g/mol. The molecule has 0 aromatic heterocycles. The van der Waals surface area contributed by atoms with Crippen molar-refractivity contribution in [3.05, 3.63) is 10.6 Å². The molecule has 2 aliphatic rings. The van der Waals surface area contributed by atoms with E-state index in [1.165, 1.54) is 44.1 Å². The smallest absolute Gasteiger partial charge is 0.205 e. The highest BCUT2D eigenvalue weighted by molar-refractivity contribution is 6.31. The number of ether oxygens (including phenoxy) is 2. The average Bonchev–Trinajstić information content (AvgIpc) is 2.76. The van der Waals surface area contributed by atoms with Crippen molar-refractivity contribution in [3.63, 3.8) is 0 Å². The van der Waals surface area contributed by atoms with Gasteiger partial charge >= 0.3 is 0 Å². The van der Waals surface area contributed by atoms with E-state index in [0.717, 1.165) is 37.5 Å². The van der Waals surface area contributed by atoms with Crippen molar-refractivity contribution in [2.24, 2.45) is 5.41 Å². The molecule has 0 aromatic carbocycles. The summed E-state index contributed by atoms with van der Waals surface area (Å²) in [5.74, 6) is -0.603. The molecule has 3 heteroatoms. The fourth-order valence-electron chi connectivity index (χ4n) is 3.14. The summed E-state index contributed by atoms with van der Waals surface area (Å²) in [7, 11) is 0. The Balaban J connectivity index is 1.79. The third kappa shape index (κ3) is 4.46. The first-order chi connectivity index (χ1) is 9.99. The van der Waals surface area contributed by atoms with Gasteiger partial charge in [-0.3, -0.25) is 0 Å². The molecule has 2 nitrogen and oxygen atoms in total. The van der Waals surface area contributed by atoms with E-state index in [2.05, 4.69) is 20.8 Å². The van der Waals surface area contributed by atoms with Crippen molar-refractivity contribution in [1.29, 1.82) is 0 Å². The number of hydrogen-bond donors (Lipinski definition) is 0. The quantitative estimate of drug-likeness (QED) is 0.553. The maximum absolute atomic E-state index is 6.60. The number of unbranched alkanes of at least 4 members (excludes halogenated alkanes) is 5. The summed E-state index contributed by atoms with van der Waals surface area (Å²) in [6.45, 7) is 8.06. The van der Waals surface area contributed by atoms with Gasteiger partial charge in [0, 0.05) is 11.8 Å². The van der Waals surface area contributed by atoms with Crippen LogP contribution in [0.25, 0.3) is 0 Å². The summed E-state index contributed by atoms with van der Waals surface area (Å²) in [5, 5.41) is 0.853. The predicted octanol–water partition coefficient (Wildman–Crippen LogP) is 5.79. The summed E-state index contributed by atoms with van der Waals surface area (Å²) in [6, 6.07) is 0. The Morgan fingerprint density at radius 2 is 1.62 bits per heavy atom. The summed E-state index contributed by atoms with van der Waals surface area (Å²) in [5.41, 5.74) is 1.47. The summed E-state index contributed by atoms with van der Waals surface area (Å²) >= 11 is 6.60. The van der Waals surface area contributed by atoms with Crippen LogP contribution in [0.1, 0.15) is 78.6 Å². The number of hydrogen-bond acceptors (Lipinski definition) is 2. The van der Waals surface area contributed by atoms with Crippen LogP contribution in [0, 0.1) is 5.41 Å². The number of allylic oxidation sites excluding steroid dienone is 1. The van der Waals surface area contributed by atoms with Crippen molar-refractivity contribution in [2.75, 3.05) is 13.2 Å². The van der Waals surface area contributed by atoms with E-state index in [4.69, 9.17) is 21.1 Å². The van der Waals surface area contributed by atoms with Gasteiger partial charge in [0.25, 0.3) is 0 Å². The monoisotopic (exact) mass is 314 g/mol. The first kappa shape index (κ1) is 17.3. The van der Waals surface area contributed by atoms with Crippen LogP contribution in [0.4, 0.5) is 0 Å². The molecule has 1 aliphatic heterocycles. The molecule has 1 aliphatic carbocycles. The number of halogens is 1. The van der Waals surface area contributed by atoms with Gasteiger partial charge in [-0.05, 0) is 24.8 Å². The van der Waals surface area contributed by atoms with Crippen LogP contribution in [0.15, 0.2) is 10.6 Å². The first-order valence-corrected chi connectivity index (χ1v) is 9.03. The fourth-order valence-corrected chi connectivity index (χ4v) is 3.53. The third-order valence-corrected chi connectivity index (χ3v) is 5.18. The molecule has 1 saturated heterocycles. The number of rotatable bonds is 7. The molecule has 0 aromatic rings. The molecule has 0 atom stereocenters. The van der Waals surface area contributed by atoms with E-state index in [-0.39, 0.29) is 5.41 Å². The fraction of sp³-hybridized carbons (Fsp3) is 0.889. The highest BCUT2D eigenvalue weighted by Crippen LogP contribution is 2.47. The summed E-state index contributed by atoms with van der Waals surface area (Å²) in [6.07, 6.45) is 11.0. The largest absolute Gasteiger partial charge is 0.344 e. The molecule has 1 heterocycles. The van der Waals surface area contributed by atoms with Gasteiger partial charge in [-0.2, -0.15) is 0 Å². The van der Waals surface area contributed by atoms with Crippen molar-refractivity contribution in [2.45, 2.75) is 84.3 Å². The Labute approximate surface area is 135 Å². The van der Waals surface area contributed by atoms with Crippen LogP contribution < -0.4 is 0 Å². The van der Waals surface area contributed by atoms with Gasteiger partial charge in [-0.1, -0.05) is 64.5 Å². The van der Waals surface area contributed by atoms with Gasteiger partial charge in [0.05, 0.1) is 18.2 Å². The summed E-state index contributed by atoms with van der Waals surface area (Å²) < 4.78 is 12.1. The molecule has 122 valence electrons. The molecular formula is C18H31ClO2. The van der Waals surface area contributed by atoms with Crippen LogP contribution in [0.5, 0.6) is 0 Å². The van der Waals surface area contributed by atoms with Gasteiger partial charge in [0.2, 0.25) is 5.79 Å². The Kier molecular flexibility index (Phi) is 6.16. The minimum atomic E-state index is -0.603. The summed E-state index contributed by atoms with van der Waals surface area (Å²) in [4.78, 5) is 0. The van der Waals surface area contributed by atoms with E-state index >= 15 is 0 Å². The van der Waals surface area contributed by atoms with E-state index in [9.17, 15) is 0 Å². The van der Waals surface area contributed by atoms with Crippen LogP contribution in [-0.2, 0) is 9.47 Å². The Bertz CT molecular complexity index is 363. The molecule has 0 bridgehead atoms. The van der Waals surface area contributed by atoms with Gasteiger partial charge < -0.3 is 9.47 Å². The minimum absolute atomic E-state index is 0.102. The zero-order valence-corrected chi connectivity index (χ0v) is 14.7. The molecule has 21 heavy (non-hydrogen) atoms. The molecule has 2 rings (SSSR count). The Morgan fingerprint density at radius 3 is 2.29 bits per heavy atom. The zero-order valence-electron chi connectivity index (χ0n) is 14.0. The normalized spacial score (nSPS) is 24.0. The van der Waals surface area contributed by atoms with Crippen molar-refractivity contribution >= 4 is 11.6 Å². The second kappa shape index (κ2) is 7.48. The Hall–Kier alpha value is -0.0500. The minimum Gasteiger partial charge on any atom is -0.344 e. The van der Waals surface area contributed by atoms with Gasteiger partial charge in [-0.25, -0.2) is 0 Å². The lowest BCUT2D eigenvalue weighted by atomic mass is 9.94. The van der Waals surface area contributed by atoms with E-state index in [1.54, 1.807) is 0 Å². The molecule has 1 fully saturated rings. The topological polar surface area (TPSA) is 18.5 Å². The molecular weight excluding hydrogens is 284 g/mol. The van der Waals surface area contributed by atoms with Crippen molar-refractivity contribution in [1.82, 2.24) is 0 Å². The van der Waals surface area contributed by atoms with E-state index in [0.29, 0.717) is 0 Å². The van der Waals surface area contributed by atoms with Crippen molar-refractivity contribution < 1.29 is 9.47 Å². The maximum atomic E-state index is 6.60. The van der Waals surface area contributed by atoms with E-state index in [1.807, 2.05) is 0 Å². The highest BCUT2D eigenvalue weighted by Gasteiger charge is 2.47.